The van der Waals surface area contributed by atoms with Crippen molar-refractivity contribution in [3.63, 3.8) is 0 Å². The van der Waals surface area contributed by atoms with E-state index >= 15 is 0 Å². The van der Waals surface area contributed by atoms with Crippen LogP contribution < -0.4 is 11.5 Å². The van der Waals surface area contributed by atoms with Crippen LogP contribution in [0.5, 0.6) is 0 Å². The number of pyridine rings is 1. The zero-order valence-corrected chi connectivity index (χ0v) is 11.6. The lowest BCUT2D eigenvalue weighted by Gasteiger charge is -2.25. The normalized spacial score (nSPS) is 9.80. The highest BCUT2D eigenvalue weighted by Crippen LogP contribution is 2.10. The van der Waals surface area contributed by atoms with Gasteiger partial charge in [-0.2, -0.15) is 0 Å². The van der Waals surface area contributed by atoms with Crippen LogP contribution in [0.2, 0.25) is 0 Å². The van der Waals surface area contributed by atoms with E-state index < -0.39 is 5.91 Å². The van der Waals surface area contributed by atoms with E-state index in [2.05, 4.69) is 16.8 Å². The molecule has 0 saturated carbocycles. The second kappa shape index (κ2) is 7.26. The van der Waals surface area contributed by atoms with Crippen molar-refractivity contribution < 1.29 is 9.59 Å². The highest BCUT2D eigenvalue weighted by molar-refractivity contribution is 5.97. The minimum Gasteiger partial charge on any atom is -0.368 e. The van der Waals surface area contributed by atoms with Crippen LogP contribution in [0.4, 0.5) is 0 Å². The smallest absolute Gasteiger partial charge is 0.274 e. The molecule has 0 aliphatic carbocycles. The zero-order valence-electron chi connectivity index (χ0n) is 11.6. The number of amides is 2. The van der Waals surface area contributed by atoms with Gasteiger partial charge in [-0.25, -0.2) is 4.98 Å². The highest BCUT2D eigenvalue weighted by Gasteiger charge is 2.23. The van der Waals surface area contributed by atoms with Gasteiger partial charge in [-0.1, -0.05) is 11.8 Å². The number of aromatic nitrogens is 1. The van der Waals surface area contributed by atoms with Gasteiger partial charge in [0.15, 0.2) is 0 Å². The fourth-order valence-electron chi connectivity index (χ4n) is 1.62. The highest BCUT2D eigenvalue weighted by atomic mass is 16.2. The zero-order chi connectivity index (χ0) is 15.1. The van der Waals surface area contributed by atoms with Gasteiger partial charge in [-0.05, 0) is 26.0 Å². The van der Waals surface area contributed by atoms with Crippen LogP contribution in [0.15, 0.2) is 18.3 Å². The molecule has 1 rings (SSSR count). The van der Waals surface area contributed by atoms with Crippen molar-refractivity contribution in [2.45, 2.75) is 19.9 Å². The molecule has 0 saturated heterocycles. The van der Waals surface area contributed by atoms with Gasteiger partial charge in [0.05, 0.1) is 18.7 Å². The van der Waals surface area contributed by atoms with Crippen LogP contribution >= 0.6 is 0 Å². The second-order valence-electron chi connectivity index (χ2n) is 4.40. The van der Waals surface area contributed by atoms with Crippen molar-refractivity contribution >= 4 is 11.8 Å². The van der Waals surface area contributed by atoms with Crippen LogP contribution in [0.3, 0.4) is 0 Å². The molecule has 2 amide bonds. The van der Waals surface area contributed by atoms with Crippen molar-refractivity contribution in [2.75, 3.05) is 13.1 Å². The van der Waals surface area contributed by atoms with E-state index in [-0.39, 0.29) is 30.7 Å². The summed E-state index contributed by atoms with van der Waals surface area (Å²) in [6.07, 6.45) is 1.50. The number of nitrogens with zero attached hydrogens (tertiary/aromatic N) is 2. The average Bonchev–Trinajstić information content (AvgIpc) is 2.41. The Balaban J connectivity index is 3.15. The summed E-state index contributed by atoms with van der Waals surface area (Å²) in [6.45, 7) is 3.64. The maximum absolute atomic E-state index is 12.5. The van der Waals surface area contributed by atoms with Crippen molar-refractivity contribution in [1.29, 1.82) is 0 Å². The Labute approximate surface area is 118 Å². The molecule has 0 aliphatic heterocycles. The summed E-state index contributed by atoms with van der Waals surface area (Å²) in [7, 11) is 0. The van der Waals surface area contributed by atoms with E-state index in [9.17, 15) is 9.59 Å². The molecule has 6 heteroatoms. The summed E-state index contributed by atoms with van der Waals surface area (Å²) in [5.41, 5.74) is 11.2. The van der Waals surface area contributed by atoms with E-state index in [4.69, 9.17) is 11.5 Å². The first-order valence-corrected chi connectivity index (χ1v) is 6.20. The van der Waals surface area contributed by atoms with Crippen molar-refractivity contribution in [1.82, 2.24) is 9.88 Å². The first kappa shape index (κ1) is 15.7. The fourth-order valence-corrected chi connectivity index (χ4v) is 1.62. The number of rotatable bonds is 4. The first-order chi connectivity index (χ1) is 9.47. The van der Waals surface area contributed by atoms with Gasteiger partial charge in [0.1, 0.15) is 5.69 Å². The molecule has 0 atom stereocenters. The molecule has 1 aromatic heterocycles. The van der Waals surface area contributed by atoms with Gasteiger partial charge >= 0.3 is 0 Å². The molecule has 0 bridgehead atoms. The molecule has 0 unspecified atom stereocenters. The molecule has 20 heavy (non-hydrogen) atoms. The minimum absolute atomic E-state index is 0.156. The van der Waals surface area contributed by atoms with E-state index in [1.807, 2.05) is 0 Å². The number of carbonyl (C=O) groups is 2. The van der Waals surface area contributed by atoms with Gasteiger partial charge in [0.25, 0.3) is 5.91 Å². The summed E-state index contributed by atoms with van der Waals surface area (Å²) >= 11 is 0. The number of primary amides is 1. The number of hydrogen-bond donors (Lipinski definition) is 2. The summed E-state index contributed by atoms with van der Waals surface area (Å²) in [6, 6.07) is 3.20. The number of nitrogens with two attached hydrogens (primary N) is 2. The summed E-state index contributed by atoms with van der Waals surface area (Å²) in [5, 5.41) is 0. The topological polar surface area (TPSA) is 102 Å². The molecule has 1 aromatic rings. The van der Waals surface area contributed by atoms with Gasteiger partial charge in [0, 0.05) is 12.2 Å². The predicted molar refractivity (Wildman–Crippen MR) is 75.5 cm³/mol. The van der Waals surface area contributed by atoms with Crippen molar-refractivity contribution in [2.24, 2.45) is 11.5 Å². The lowest BCUT2D eigenvalue weighted by molar-refractivity contribution is -0.119. The standard InChI is InChI=1S/C14H18N4O2/c1-10(2)18(9-12(16)19)14(20)13-11(5-3-7-15)6-4-8-17-13/h4,6,8,10H,7,9,15H2,1-2H3,(H2,16,19). The number of carbonyl (C=O) groups excluding carboxylic acids is 2. The van der Waals surface area contributed by atoms with E-state index in [1.54, 1.807) is 26.0 Å². The monoisotopic (exact) mass is 274 g/mol. The van der Waals surface area contributed by atoms with Crippen LogP contribution in [-0.2, 0) is 4.79 Å². The van der Waals surface area contributed by atoms with Gasteiger partial charge in [-0.3, -0.25) is 9.59 Å². The fraction of sp³-hybridized carbons (Fsp3) is 0.357. The molecule has 0 spiro atoms. The third-order valence-corrected chi connectivity index (χ3v) is 2.55. The summed E-state index contributed by atoms with van der Waals surface area (Å²) < 4.78 is 0. The van der Waals surface area contributed by atoms with Gasteiger partial charge in [0.2, 0.25) is 5.91 Å². The predicted octanol–water partition coefficient (Wildman–Crippen LogP) is -0.272. The van der Waals surface area contributed by atoms with Crippen LogP contribution in [0.25, 0.3) is 0 Å². The van der Waals surface area contributed by atoms with Gasteiger partial charge < -0.3 is 16.4 Å². The Morgan fingerprint density at radius 1 is 1.45 bits per heavy atom. The Bertz CT molecular complexity index is 558. The molecule has 0 aromatic carbocycles. The molecule has 1 heterocycles. The van der Waals surface area contributed by atoms with E-state index in [0.717, 1.165) is 0 Å². The molecule has 0 radical (unpaired) electrons. The molecular formula is C14H18N4O2. The lowest BCUT2D eigenvalue weighted by atomic mass is 10.1. The molecule has 4 N–H and O–H groups in total. The molecule has 106 valence electrons. The summed E-state index contributed by atoms with van der Waals surface area (Å²) in [4.78, 5) is 28.9. The maximum Gasteiger partial charge on any atom is 0.274 e. The minimum atomic E-state index is -0.572. The maximum atomic E-state index is 12.5. The van der Waals surface area contributed by atoms with E-state index in [0.29, 0.717) is 5.56 Å². The molecule has 6 nitrogen and oxygen atoms in total. The second-order valence-corrected chi connectivity index (χ2v) is 4.40. The largest absolute Gasteiger partial charge is 0.368 e. The molecule has 0 aliphatic rings. The van der Waals surface area contributed by atoms with Crippen LogP contribution in [0, 0.1) is 11.8 Å². The van der Waals surface area contributed by atoms with Crippen LogP contribution in [0.1, 0.15) is 29.9 Å². The molecular weight excluding hydrogens is 256 g/mol. The number of hydrogen-bond acceptors (Lipinski definition) is 4. The van der Waals surface area contributed by atoms with E-state index in [1.165, 1.54) is 11.1 Å². The summed E-state index contributed by atoms with van der Waals surface area (Å²) in [5.74, 6) is 4.54. The Morgan fingerprint density at radius 2 is 2.15 bits per heavy atom. The lowest BCUT2D eigenvalue weighted by Crippen LogP contribution is -2.43. The average molecular weight is 274 g/mol. The Hall–Kier alpha value is -2.39. The van der Waals surface area contributed by atoms with Gasteiger partial charge in [-0.15, -0.1) is 0 Å². The quantitative estimate of drug-likeness (QED) is 0.737. The third-order valence-electron chi connectivity index (χ3n) is 2.55. The first-order valence-electron chi connectivity index (χ1n) is 6.20. The van der Waals surface area contributed by atoms with Crippen molar-refractivity contribution in [3.8, 4) is 11.8 Å². The van der Waals surface area contributed by atoms with Crippen LogP contribution in [-0.4, -0.2) is 40.8 Å². The molecule has 0 fully saturated rings. The SMILES string of the molecule is CC(C)N(CC(N)=O)C(=O)c1ncccc1C#CCN. The Kier molecular flexibility index (Phi) is 5.69. The Morgan fingerprint density at radius 3 is 2.70 bits per heavy atom. The van der Waals surface area contributed by atoms with Crippen molar-refractivity contribution in [3.05, 3.63) is 29.6 Å². The third kappa shape index (κ3) is 4.07.